The van der Waals surface area contributed by atoms with Crippen LogP contribution < -0.4 is 5.11 Å². The third-order valence-corrected chi connectivity index (χ3v) is 6.49. The predicted molar refractivity (Wildman–Crippen MR) is 163 cm³/mol. The number of fused-ring (bicyclic) bond motifs is 1. The number of hydrogen-bond donors (Lipinski definition) is 0. The second-order valence-corrected chi connectivity index (χ2v) is 10.1. The minimum atomic E-state index is -0.229. The van der Waals surface area contributed by atoms with Crippen molar-refractivity contribution in [3.63, 3.8) is 0 Å². The number of hydrogen-bond acceptors (Lipinski definition) is 4. The maximum absolute atomic E-state index is 13.2. The van der Waals surface area contributed by atoms with Crippen LogP contribution in [0.1, 0.15) is 5.56 Å². The fourth-order valence-corrected chi connectivity index (χ4v) is 4.46. The molecular formula is C33H34ClFeN5O. The van der Waals surface area contributed by atoms with Crippen LogP contribution in [0.2, 0.25) is 5.02 Å². The maximum Gasteiger partial charge on any atom is 2.00 e. The first-order valence-electron chi connectivity index (χ1n) is 13.3. The Morgan fingerprint density at radius 1 is 0.902 bits per heavy atom. The van der Waals surface area contributed by atoms with E-state index in [2.05, 4.69) is 27.7 Å². The molecule has 6 nitrogen and oxygen atoms in total. The first kappa shape index (κ1) is 33.2. The smallest absolute Gasteiger partial charge is 0.846 e. The van der Waals surface area contributed by atoms with Crippen molar-refractivity contribution >= 4 is 34.2 Å². The molecule has 212 valence electrons. The Morgan fingerprint density at radius 3 is 2.27 bits per heavy atom. The van der Waals surface area contributed by atoms with Crippen LogP contribution in [-0.4, -0.2) is 61.1 Å². The van der Waals surface area contributed by atoms with Crippen LogP contribution in [0.15, 0.2) is 65.8 Å². The Bertz CT molecular complexity index is 1200. The molecule has 0 atom stereocenters. The number of aliphatic imine (C=N–C) groups is 1. The third kappa shape index (κ3) is 10.8. The van der Waals surface area contributed by atoms with Gasteiger partial charge in [0.15, 0.2) is 0 Å². The molecule has 5 rings (SSSR count). The number of nitrogens with zero attached hydrogens (tertiary/aromatic N) is 5. The van der Waals surface area contributed by atoms with Gasteiger partial charge in [0.25, 0.3) is 0 Å². The zero-order valence-electron chi connectivity index (χ0n) is 23.3. The van der Waals surface area contributed by atoms with E-state index in [1.165, 1.54) is 5.92 Å². The Labute approximate surface area is 262 Å². The summed E-state index contributed by atoms with van der Waals surface area (Å²) in [5.74, 6) is 2.34. The number of amidine groups is 1. The second-order valence-electron chi connectivity index (χ2n) is 9.66. The van der Waals surface area contributed by atoms with Gasteiger partial charge in [-0.25, -0.2) is 0 Å². The minimum absolute atomic E-state index is 0. The standard InChI is InChI=1S/C28H30ClN5O.C5H5.Fe/c1-33(2)19-22-9-6-10-23(22)20-34(28(35)32-18-21-7-4-3-5-8-21)16-15-31-26-13-14-30-27-17-24(29)11-12-25(26)27;1-2-4-5-3-1;/h3-14,17H,15-16,18-20H2,1-2H3,(H-,30,31,32,35);1-5H;/q-1;;+2/p-1. The molecular weight excluding hydrogens is 574 g/mol. The second kappa shape index (κ2) is 17.6. The van der Waals surface area contributed by atoms with Gasteiger partial charge in [-0.15, -0.1) is 12.2 Å². The quantitative estimate of drug-likeness (QED) is 0.174. The Kier molecular flexibility index (Phi) is 14.2. The van der Waals surface area contributed by atoms with Crippen LogP contribution in [0.4, 0.5) is 5.69 Å². The van der Waals surface area contributed by atoms with E-state index in [9.17, 15) is 5.11 Å². The number of benzene rings is 2. The molecule has 2 saturated carbocycles. The molecule has 0 unspecified atom stereocenters. The molecule has 8 heteroatoms. The summed E-state index contributed by atoms with van der Waals surface area (Å²) in [5.41, 5.74) is 2.64. The molecule has 0 spiro atoms. The molecule has 0 bridgehead atoms. The molecule has 1 aromatic heterocycles. The van der Waals surface area contributed by atoms with Crippen molar-refractivity contribution in [2.75, 3.05) is 40.3 Å². The van der Waals surface area contributed by atoms with E-state index in [1.54, 1.807) is 11.1 Å². The molecule has 0 saturated heterocycles. The van der Waals surface area contributed by atoms with Gasteiger partial charge < -0.3 is 20.2 Å². The summed E-state index contributed by atoms with van der Waals surface area (Å²) in [6.07, 6.45) is 18.0. The fraction of sp³-hybridized carbons (Fsp3) is 0.212. The van der Waals surface area contributed by atoms with Gasteiger partial charge in [-0.1, -0.05) is 54.1 Å². The largest absolute Gasteiger partial charge is 2.00 e. The topological polar surface area (TPSA) is 68.9 Å². The average Bonchev–Trinajstić information content (AvgIpc) is 3.67. The van der Waals surface area contributed by atoms with Gasteiger partial charge in [-0.3, -0.25) is 9.98 Å². The van der Waals surface area contributed by atoms with E-state index in [1.807, 2.05) is 107 Å². The van der Waals surface area contributed by atoms with Crippen LogP contribution in [0.25, 0.3) is 16.2 Å². The van der Waals surface area contributed by atoms with Gasteiger partial charge in [-0.2, -0.15) is 0 Å². The van der Waals surface area contributed by atoms with Crippen molar-refractivity contribution in [3.8, 4) is 0 Å². The first-order valence-corrected chi connectivity index (χ1v) is 13.6. The number of aromatic nitrogens is 1. The molecule has 0 aliphatic heterocycles. The van der Waals surface area contributed by atoms with Crippen LogP contribution in [0.5, 0.6) is 0 Å². The van der Waals surface area contributed by atoms with Gasteiger partial charge in [0.1, 0.15) is 0 Å². The summed E-state index contributed by atoms with van der Waals surface area (Å²) in [7, 11) is 4.08. The molecule has 0 amide bonds. The van der Waals surface area contributed by atoms with Crippen LogP contribution in [-0.2, 0) is 23.6 Å². The molecule has 3 aromatic rings. The molecule has 2 aliphatic rings. The zero-order valence-corrected chi connectivity index (χ0v) is 25.2. The third-order valence-electron chi connectivity index (χ3n) is 6.25. The summed E-state index contributed by atoms with van der Waals surface area (Å²) in [6, 6.07) is 17.1. The Balaban J connectivity index is 0.000000696. The van der Waals surface area contributed by atoms with Gasteiger partial charge >= 0.3 is 17.1 Å². The minimum Gasteiger partial charge on any atom is -0.846 e. The Morgan fingerprint density at radius 2 is 1.59 bits per heavy atom. The Hall–Kier alpha value is -2.31. The molecule has 10 radical (unpaired) electrons. The summed E-state index contributed by atoms with van der Waals surface area (Å²) in [5, 5.41) is 19.5. The van der Waals surface area contributed by atoms with Gasteiger partial charge in [0.2, 0.25) is 0 Å². The van der Waals surface area contributed by atoms with Gasteiger partial charge in [0, 0.05) is 42.7 Å². The van der Waals surface area contributed by atoms with E-state index in [0.717, 1.165) is 34.6 Å². The number of halogens is 1. The van der Waals surface area contributed by atoms with Crippen molar-refractivity contribution < 1.29 is 22.2 Å². The summed E-state index contributed by atoms with van der Waals surface area (Å²) < 4.78 is 0. The monoisotopic (exact) mass is 607 g/mol. The zero-order chi connectivity index (χ0) is 28.2. The van der Waals surface area contributed by atoms with Crippen molar-refractivity contribution in [3.05, 3.63) is 140 Å². The van der Waals surface area contributed by atoms with Crippen molar-refractivity contribution in [1.82, 2.24) is 14.8 Å². The average molecular weight is 608 g/mol. The van der Waals surface area contributed by atoms with Crippen LogP contribution in [0.3, 0.4) is 0 Å². The number of pyridine rings is 1. The molecule has 2 fully saturated rings. The van der Waals surface area contributed by atoms with E-state index in [4.69, 9.17) is 16.9 Å². The molecule has 1 heterocycles. The van der Waals surface area contributed by atoms with Crippen molar-refractivity contribution in [2.45, 2.75) is 6.54 Å². The van der Waals surface area contributed by atoms with Crippen LogP contribution >= 0.6 is 11.6 Å². The summed E-state index contributed by atoms with van der Waals surface area (Å²) in [6.45, 7) is 2.59. The number of rotatable bonds is 10. The van der Waals surface area contributed by atoms with E-state index >= 15 is 0 Å². The van der Waals surface area contributed by atoms with E-state index < -0.39 is 0 Å². The summed E-state index contributed by atoms with van der Waals surface area (Å²) in [4.78, 5) is 12.6. The molecule has 0 N–H and O–H groups in total. The van der Waals surface area contributed by atoms with Crippen molar-refractivity contribution in [1.29, 1.82) is 0 Å². The molecule has 41 heavy (non-hydrogen) atoms. The first-order chi connectivity index (χ1) is 19.5. The SMILES string of the molecule is CN(C)C[C]1[CH][CH][CH][C]1CN(CC[N-]c1ccnc2cc(Cl)ccc12)C([O-])=NCc1ccccc1.[CH]1[CH][CH][CH][CH]1.[Fe+2]. The van der Waals surface area contributed by atoms with E-state index in [-0.39, 0.29) is 23.1 Å². The van der Waals surface area contributed by atoms with Crippen LogP contribution in [0, 0.1) is 63.2 Å². The molecule has 2 aromatic carbocycles. The van der Waals surface area contributed by atoms with E-state index in [0.29, 0.717) is 31.2 Å². The van der Waals surface area contributed by atoms with Gasteiger partial charge in [0.05, 0.1) is 18.1 Å². The van der Waals surface area contributed by atoms with Gasteiger partial charge in [-0.05, 0) is 88.5 Å². The fourth-order valence-electron chi connectivity index (χ4n) is 4.29. The summed E-state index contributed by atoms with van der Waals surface area (Å²) >= 11 is 6.11. The van der Waals surface area contributed by atoms with Crippen molar-refractivity contribution in [2.24, 2.45) is 4.99 Å². The predicted octanol–water partition coefficient (Wildman–Crippen LogP) is 5.47. The normalized spacial score (nSPS) is 16.0. The molecule has 2 aliphatic carbocycles. The maximum atomic E-state index is 13.2.